The Labute approximate surface area is 167 Å². The molecule has 160 valence electrons. The number of carbonyl (C=O) groups is 3. The molecule has 5 N–H and O–H groups in total. The standard InChI is InChI=1S/C19H36N6O3/c1-2-19(16(26)23-18(28)24-17(19)27)6-4-3-5-13-25-14-11-21-9-7-20-8-10-22-12-15-25/h20-22H,2-15H2,1H3,(H2,23,24,26,27,28). The smallest absolute Gasteiger partial charge is 0.314 e. The van der Waals surface area contributed by atoms with Gasteiger partial charge in [-0.1, -0.05) is 19.8 Å². The van der Waals surface area contributed by atoms with E-state index in [9.17, 15) is 14.4 Å². The van der Waals surface area contributed by atoms with Gasteiger partial charge in [-0.25, -0.2) is 4.79 Å². The summed E-state index contributed by atoms with van der Waals surface area (Å²) in [6.07, 6.45) is 3.65. The summed E-state index contributed by atoms with van der Waals surface area (Å²) in [5, 5.41) is 14.8. The van der Waals surface area contributed by atoms with Crippen LogP contribution >= 0.6 is 0 Å². The van der Waals surface area contributed by atoms with E-state index in [4.69, 9.17) is 0 Å². The third-order valence-electron chi connectivity index (χ3n) is 5.67. The van der Waals surface area contributed by atoms with Gasteiger partial charge in [0, 0.05) is 52.4 Å². The van der Waals surface area contributed by atoms with Crippen LogP contribution in [0, 0.1) is 5.41 Å². The molecule has 2 heterocycles. The summed E-state index contributed by atoms with van der Waals surface area (Å²) in [5.74, 6) is -0.920. The van der Waals surface area contributed by atoms with Gasteiger partial charge >= 0.3 is 6.03 Å². The van der Waals surface area contributed by atoms with Gasteiger partial charge in [-0.3, -0.25) is 20.2 Å². The number of hydrogen-bond donors (Lipinski definition) is 5. The number of amides is 4. The molecule has 2 aliphatic rings. The topological polar surface area (TPSA) is 115 Å². The maximum Gasteiger partial charge on any atom is 0.328 e. The van der Waals surface area contributed by atoms with Crippen LogP contribution in [0.3, 0.4) is 0 Å². The molecule has 2 aliphatic heterocycles. The second kappa shape index (κ2) is 12.1. The summed E-state index contributed by atoms with van der Waals surface area (Å²) < 4.78 is 0. The first-order valence-corrected chi connectivity index (χ1v) is 10.6. The number of imide groups is 2. The Bertz CT molecular complexity index is 496. The number of nitrogens with zero attached hydrogens (tertiary/aromatic N) is 1. The largest absolute Gasteiger partial charge is 0.328 e. The van der Waals surface area contributed by atoms with E-state index in [1.165, 1.54) is 0 Å². The lowest BCUT2D eigenvalue weighted by molar-refractivity contribution is -0.145. The van der Waals surface area contributed by atoms with Gasteiger partial charge in [0.25, 0.3) is 0 Å². The Morgan fingerprint density at radius 3 is 1.86 bits per heavy atom. The fourth-order valence-electron chi connectivity index (χ4n) is 3.78. The first-order chi connectivity index (χ1) is 13.6. The van der Waals surface area contributed by atoms with Crippen LogP contribution < -0.4 is 26.6 Å². The van der Waals surface area contributed by atoms with E-state index in [0.29, 0.717) is 12.8 Å². The predicted octanol–water partition coefficient (Wildman–Crippen LogP) is -0.606. The van der Waals surface area contributed by atoms with Crippen molar-refractivity contribution < 1.29 is 14.4 Å². The summed E-state index contributed by atoms with van der Waals surface area (Å²) in [5.41, 5.74) is -1.11. The lowest BCUT2D eigenvalue weighted by Gasteiger charge is -2.33. The van der Waals surface area contributed by atoms with Crippen LogP contribution in [0.4, 0.5) is 4.79 Å². The highest BCUT2D eigenvalue weighted by atomic mass is 16.2. The molecular weight excluding hydrogens is 360 g/mol. The van der Waals surface area contributed by atoms with Gasteiger partial charge in [-0.15, -0.1) is 0 Å². The van der Waals surface area contributed by atoms with E-state index in [-0.39, 0.29) is 0 Å². The number of carbonyl (C=O) groups excluding carboxylic acids is 3. The zero-order chi connectivity index (χ0) is 20.2. The lowest BCUT2D eigenvalue weighted by atomic mass is 9.77. The highest BCUT2D eigenvalue weighted by Gasteiger charge is 2.48. The third-order valence-corrected chi connectivity index (χ3v) is 5.67. The number of rotatable bonds is 7. The molecule has 4 amide bonds. The van der Waals surface area contributed by atoms with Crippen molar-refractivity contribution in [2.45, 2.75) is 39.0 Å². The van der Waals surface area contributed by atoms with Crippen LogP contribution in [0.5, 0.6) is 0 Å². The quantitative estimate of drug-likeness (QED) is 0.288. The van der Waals surface area contributed by atoms with Gasteiger partial charge in [0.1, 0.15) is 5.41 Å². The molecular formula is C19H36N6O3. The minimum atomic E-state index is -1.11. The van der Waals surface area contributed by atoms with Gasteiger partial charge < -0.3 is 20.9 Å². The molecule has 0 aliphatic carbocycles. The number of urea groups is 1. The summed E-state index contributed by atoms with van der Waals surface area (Å²) in [4.78, 5) is 38.2. The Balaban J connectivity index is 1.71. The molecule has 9 heteroatoms. The summed E-state index contributed by atoms with van der Waals surface area (Å²) in [7, 11) is 0. The van der Waals surface area contributed by atoms with E-state index in [1.54, 1.807) is 0 Å². The van der Waals surface area contributed by atoms with Gasteiger partial charge in [0.05, 0.1) is 0 Å². The summed E-state index contributed by atoms with van der Waals surface area (Å²) >= 11 is 0. The van der Waals surface area contributed by atoms with Gasteiger partial charge in [-0.2, -0.15) is 0 Å². The van der Waals surface area contributed by atoms with Crippen molar-refractivity contribution in [3.05, 3.63) is 0 Å². The monoisotopic (exact) mass is 396 g/mol. The Morgan fingerprint density at radius 1 is 0.786 bits per heavy atom. The van der Waals surface area contributed by atoms with Crippen LogP contribution in [0.15, 0.2) is 0 Å². The summed E-state index contributed by atoms with van der Waals surface area (Å²) in [6.45, 7) is 10.8. The fraction of sp³-hybridized carbons (Fsp3) is 0.842. The van der Waals surface area contributed by atoms with E-state index >= 15 is 0 Å². The molecule has 2 fully saturated rings. The number of unbranched alkanes of at least 4 members (excludes halogenated alkanes) is 2. The molecule has 0 aromatic rings. The molecule has 2 rings (SSSR count). The highest BCUT2D eigenvalue weighted by molar-refractivity contribution is 6.19. The van der Waals surface area contributed by atoms with Crippen molar-refractivity contribution >= 4 is 17.8 Å². The third kappa shape index (κ3) is 6.80. The Morgan fingerprint density at radius 2 is 1.32 bits per heavy atom. The van der Waals surface area contributed by atoms with Crippen LogP contribution in [0.2, 0.25) is 0 Å². The number of barbiturate groups is 1. The Hall–Kier alpha value is -1.55. The van der Waals surface area contributed by atoms with Gasteiger partial charge in [0.2, 0.25) is 11.8 Å². The van der Waals surface area contributed by atoms with Crippen LogP contribution in [0.1, 0.15) is 39.0 Å². The van der Waals surface area contributed by atoms with Crippen molar-refractivity contribution in [3.8, 4) is 0 Å². The molecule has 2 saturated heterocycles. The maximum absolute atomic E-state index is 12.2. The first kappa shape index (κ1) is 22.7. The number of hydrogen-bond acceptors (Lipinski definition) is 7. The second-order valence-corrected chi connectivity index (χ2v) is 7.58. The Kier molecular flexibility index (Phi) is 9.83. The fourth-order valence-corrected chi connectivity index (χ4v) is 3.78. The average molecular weight is 397 g/mol. The van der Waals surface area contributed by atoms with Crippen molar-refractivity contribution in [2.75, 3.05) is 58.9 Å². The van der Waals surface area contributed by atoms with Gasteiger partial charge in [0.15, 0.2) is 0 Å². The van der Waals surface area contributed by atoms with E-state index in [2.05, 4.69) is 31.5 Å². The predicted molar refractivity (Wildman–Crippen MR) is 108 cm³/mol. The van der Waals surface area contributed by atoms with Gasteiger partial charge in [-0.05, 0) is 25.8 Å². The van der Waals surface area contributed by atoms with Crippen molar-refractivity contribution in [3.63, 3.8) is 0 Å². The average Bonchev–Trinajstić information content (AvgIpc) is 2.65. The van der Waals surface area contributed by atoms with Crippen LogP contribution in [0.25, 0.3) is 0 Å². The summed E-state index contributed by atoms with van der Waals surface area (Å²) in [6, 6.07) is -0.715. The second-order valence-electron chi connectivity index (χ2n) is 7.58. The van der Waals surface area contributed by atoms with Crippen molar-refractivity contribution in [1.29, 1.82) is 0 Å². The van der Waals surface area contributed by atoms with Crippen molar-refractivity contribution in [1.82, 2.24) is 31.5 Å². The molecule has 0 spiro atoms. The lowest BCUT2D eigenvalue weighted by Crippen LogP contribution is -2.62. The SMILES string of the molecule is CCC1(CCCCCN2CCNCCNCCNCC2)C(=O)NC(=O)NC1=O. The van der Waals surface area contributed by atoms with E-state index in [0.717, 1.165) is 78.2 Å². The van der Waals surface area contributed by atoms with Crippen LogP contribution in [-0.2, 0) is 9.59 Å². The van der Waals surface area contributed by atoms with E-state index < -0.39 is 23.3 Å². The molecule has 0 atom stereocenters. The molecule has 28 heavy (non-hydrogen) atoms. The molecule has 0 unspecified atom stereocenters. The zero-order valence-electron chi connectivity index (χ0n) is 17.1. The highest BCUT2D eigenvalue weighted by Crippen LogP contribution is 2.31. The molecule has 0 saturated carbocycles. The molecule has 0 aromatic heterocycles. The number of nitrogens with one attached hydrogen (secondary N) is 5. The molecule has 0 aromatic carbocycles. The van der Waals surface area contributed by atoms with Crippen LogP contribution in [-0.4, -0.2) is 81.6 Å². The zero-order valence-corrected chi connectivity index (χ0v) is 17.1. The normalized spacial score (nSPS) is 22.7. The molecule has 0 bridgehead atoms. The maximum atomic E-state index is 12.2. The minimum absolute atomic E-state index is 0.399. The van der Waals surface area contributed by atoms with Crippen molar-refractivity contribution in [2.24, 2.45) is 5.41 Å². The van der Waals surface area contributed by atoms with E-state index in [1.807, 2.05) is 6.92 Å². The molecule has 9 nitrogen and oxygen atoms in total. The minimum Gasteiger partial charge on any atom is -0.314 e. The molecule has 0 radical (unpaired) electrons. The first-order valence-electron chi connectivity index (χ1n) is 10.6.